The van der Waals surface area contributed by atoms with Gasteiger partial charge in [0.25, 0.3) is 5.56 Å². The van der Waals surface area contributed by atoms with Crippen LogP contribution < -0.4 is 11.3 Å². The van der Waals surface area contributed by atoms with Crippen molar-refractivity contribution in [3.63, 3.8) is 0 Å². The number of pyridine rings is 1. The molecule has 0 unspecified atom stereocenters. The van der Waals surface area contributed by atoms with Crippen LogP contribution in [0, 0.1) is 0 Å². The van der Waals surface area contributed by atoms with Gasteiger partial charge >= 0.3 is 0 Å². The average molecular weight is 381 g/mol. The molecule has 0 aliphatic heterocycles. The first-order chi connectivity index (χ1) is 13.1. The zero-order valence-electron chi connectivity index (χ0n) is 15.3. The van der Waals surface area contributed by atoms with Crippen molar-refractivity contribution in [1.82, 2.24) is 14.5 Å². The van der Waals surface area contributed by atoms with Gasteiger partial charge in [-0.1, -0.05) is 42.8 Å². The van der Waals surface area contributed by atoms with Crippen molar-refractivity contribution in [3.8, 4) is 22.5 Å². The molecule has 27 heavy (non-hydrogen) atoms. The van der Waals surface area contributed by atoms with Gasteiger partial charge in [0.2, 0.25) is 0 Å². The lowest BCUT2D eigenvalue weighted by Gasteiger charge is -2.14. The molecule has 0 bridgehead atoms. The normalized spacial score (nSPS) is 11.2. The predicted molar refractivity (Wildman–Crippen MR) is 112 cm³/mol. The van der Waals surface area contributed by atoms with Crippen molar-refractivity contribution in [3.05, 3.63) is 69.7 Å². The van der Waals surface area contributed by atoms with Crippen molar-refractivity contribution in [2.75, 3.05) is 5.73 Å². The Labute approximate surface area is 163 Å². The average Bonchev–Trinajstić information content (AvgIpc) is 2.69. The van der Waals surface area contributed by atoms with Crippen LogP contribution in [-0.2, 0) is 6.54 Å². The number of hydrogen-bond donors (Lipinski definition) is 1. The number of nitrogen functional groups attached to an aromatic ring is 1. The summed E-state index contributed by atoms with van der Waals surface area (Å²) < 4.78 is 1.56. The molecular formula is C21H21ClN4O. The smallest absolute Gasteiger partial charge is 0.260 e. The first kappa shape index (κ1) is 18.9. The van der Waals surface area contributed by atoms with Crippen molar-refractivity contribution >= 4 is 23.5 Å². The molecule has 2 aromatic heterocycles. The van der Waals surface area contributed by atoms with Gasteiger partial charge in [0.1, 0.15) is 5.82 Å². The molecule has 0 radical (unpaired) electrons. The van der Waals surface area contributed by atoms with Crippen molar-refractivity contribution < 1.29 is 0 Å². The number of anilines is 1. The fourth-order valence-corrected chi connectivity index (χ4v) is 3.19. The van der Waals surface area contributed by atoms with E-state index in [1.807, 2.05) is 38.1 Å². The number of halogens is 1. The highest BCUT2D eigenvalue weighted by molar-refractivity contribution is 6.33. The monoisotopic (exact) mass is 380 g/mol. The van der Waals surface area contributed by atoms with E-state index < -0.39 is 0 Å². The van der Waals surface area contributed by atoms with Gasteiger partial charge in [0.05, 0.1) is 0 Å². The summed E-state index contributed by atoms with van der Waals surface area (Å²) in [5.74, 6) is 1.04. The van der Waals surface area contributed by atoms with Crippen molar-refractivity contribution in [2.45, 2.75) is 26.8 Å². The fraction of sp³-hybridized carbons (Fsp3) is 0.190. The molecule has 2 N–H and O–H groups in total. The third-order valence-electron chi connectivity index (χ3n) is 4.29. The van der Waals surface area contributed by atoms with Gasteiger partial charge in [0.15, 0.2) is 5.82 Å². The van der Waals surface area contributed by atoms with Crippen LogP contribution in [-0.4, -0.2) is 14.5 Å². The second-order valence-corrected chi connectivity index (χ2v) is 6.43. The number of benzene rings is 1. The van der Waals surface area contributed by atoms with Gasteiger partial charge in [-0.3, -0.25) is 9.36 Å². The molecule has 0 amide bonds. The molecule has 6 heteroatoms. The van der Waals surface area contributed by atoms with E-state index in [0.717, 1.165) is 17.5 Å². The molecule has 0 saturated heterocycles. The van der Waals surface area contributed by atoms with E-state index in [0.29, 0.717) is 34.3 Å². The molecule has 2 heterocycles. The van der Waals surface area contributed by atoms with Crippen LogP contribution in [0.25, 0.3) is 28.6 Å². The van der Waals surface area contributed by atoms with E-state index in [1.54, 1.807) is 35.2 Å². The summed E-state index contributed by atoms with van der Waals surface area (Å²) in [4.78, 5) is 21.4. The highest BCUT2D eigenvalue weighted by Crippen LogP contribution is 2.31. The molecule has 3 aromatic rings. The summed E-state index contributed by atoms with van der Waals surface area (Å²) in [5, 5.41) is 0.467. The molecule has 0 aliphatic rings. The van der Waals surface area contributed by atoms with E-state index in [2.05, 4.69) is 9.97 Å². The van der Waals surface area contributed by atoms with Crippen molar-refractivity contribution in [1.29, 1.82) is 0 Å². The molecule has 138 valence electrons. The second-order valence-electron chi connectivity index (χ2n) is 6.03. The molecular weight excluding hydrogens is 360 g/mol. The van der Waals surface area contributed by atoms with Crippen LogP contribution in [0.4, 0.5) is 5.82 Å². The molecule has 0 aliphatic carbocycles. The third kappa shape index (κ3) is 3.78. The van der Waals surface area contributed by atoms with E-state index in [9.17, 15) is 4.79 Å². The fourth-order valence-electron chi connectivity index (χ4n) is 2.91. The van der Waals surface area contributed by atoms with E-state index in [1.165, 1.54) is 0 Å². The summed E-state index contributed by atoms with van der Waals surface area (Å²) >= 11 is 6.52. The maximum absolute atomic E-state index is 12.9. The second kappa shape index (κ2) is 8.18. The Balaban J connectivity index is 2.16. The van der Waals surface area contributed by atoms with Crippen LogP contribution >= 0.6 is 11.6 Å². The zero-order valence-corrected chi connectivity index (χ0v) is 16.1. The lowest BCUT2D eigenvalue weighted by atomic mass is 10.0. The Kier molecular flexibility index (Phi) is 5.72. The largest absolute Gasteiger partial charge is 0.385 e. The van der Waals surface area contributed by atoms with Gasteiger partial charge in [0, 0.05) is 46.2 Å². The highest BCUT2D eigenvalue weighted by atomic mass is 35.5. The Hall–Kier alpha value is -2.92. The summed E-state index contributed by atoms with van der Waals surface area (Å²) in [7, 11) is 0. The van der Waals surface area contributed by atoms with Gasteiger partial charge < -0.3 is 5.73 Å². The number of rotatable bonds is 5. The first-order valence-corrected chi connectivity index (χ1v) is 9.21. The van der Waals surface area contributed by atoms with E-state index in [-0.39, 0.29) is 5.56 Å². The molecule has 0 saturated carbocycles. The van der Waals surface area contributed by atoms with Crippen LogP contribution in [0.15, 0.2) is 53.6 Å². The number of aromatic nitrogens is 3. The van der Waals surface area contributed by atoms with Crippen LogP contribution in [0.5, 0.6) is 0 Å². The summed E-state index contributed by atoms with van der Waals surface area (Å²) in [6.45, 7) is 4.43. The number of allylic oxidation sites excluding steroid dienone is 1. The Morgan fingerprint density at radius 1 is 1.15 bits per heavy atom. The Bertz CT molecular complexity index is 1040. The molecule has 5 nitrogen and oxygen atoms in total. The van der Waals surface area contributed by atoms with Crippen molar-refractivity contribution in [2.24, 2.45) is 0 Å². The standard InChI is InChI=1S/C21H21ClN4O/c1-3-5-7-14-12-17(21(27)26(4-2)19(14)23)16-9-8-15(13-18(16)22)20-24-10-6-11-25-20/h5-13H,3-4,23H2,1-2H3/b7-5-. The quantitative estimate of drug-likeness (QED) is 0.699. The van der Waals surface area contributed by atoms with E-state index >= 15 is 0 Å². The minimum absolute atomic E-state index is 0.158. The van der Waals surface area contributed by atoms with Gasteiger partial charge in [-0.2, -0.15) is 0 Å². The lowest BCUT2D eigenvalue weighted by molar-refractivity contribution is 0.740. The topological polar surface area (TPSA) is 73.8 Å². The minimum atomic E-state index is -0.158. The molecule has 0 fully saturated rings. The summed E-state index contributed by atoms with van der Waals surface area (Å²) in [5.41, 5.74) is 8.81. The minimum Gasteiger partial charge on any atom is -0.385 e. The van der Waals surface area contributed by atoms with E-state index in [4.69, 9.17) is 17.3 Å². The lowest BCUT2D eigenvalue weighted by Crippen LogP contribution is -2.24. The molecule has 1 aromatic carbocycles. The number of nitrogens with zero attached hydrogens (tertiary/aromatic N) is 3. The van der Waals surface area contributed by atoms with Crippen LogP contribution in [0.3, 0.4) is 0 Å². The Morgan fingerprint density at radius 2 is 1.89 bits per heavy atom. The molecule has 0 spiro atoms. The van der Waals surface area contributed by atoms with Gasteiger partial charge in [-0.25, -0.2) is 9.97 Å². The Morgan fingerprint density at radius 3 is 2.52 bits per heavy atom. The van der Waals surface area contributed by atoms with Gasteiger partial charge in [-0.05, 0) is 31.5 Å². The first-order valence-electron chi connectivity index (χ1n) is 8.84. The zero-order chi connectivity index (χ0) is 19.4. The van der Waals surface area contributed by atoms with Gasteiger partial charge in [-0.15, -0.1) is 0 Å². The maximum atomic E-state index is 12.9. The summed E-state index contributed by atoms with van der Waals surface area (Å²) in [6.07, 6.45) is 8.18. The van der Waals surface area contributed by atoms with Crippen LogP contribution in [0.2, 0.25) is 5.02 Å². The molecule has 0 atom stereocenters. The number of nitrogens with two attached hydrogens (primary N) is 1. The SMILES string of the molecule is CC/C=C\c1cc(-c2ccc(-c3ncccn3)cc2Cl)c(=O)n(CC)c1N. The maximum Gasteiger partial charge on any atom is 0.260 e. The number of hydrogen-bond acceptors (Lipinski definition) is 4. The summed E-state index contributed by atoms with van der Waals surface area (Å²) in [6, 6.07) is 9.03. The third-order valence-corrected chi connectivity index (χ3v) is 4.61. The van der Waals surface area contributed by atoms with Crippen LogP contribution in [0.1, 0.15) is 25.8 Å². The molecule has 3 rings (SSSR count). The predicted octanol–water partition coefficient (Wildman–Crippen LogP) is 4.65. The highest BCUT2D eigenvalue weighted by Gasteiger charge is 2.15.